The van der Waals surface area contributed by atoms with E-state index < -0.39 is 0 Å². The predicted molar refractivity (Wildman–Crippen MR) is 81.0 cm³/mol. The van der Waals surface area contributed by atoms with Crippen LogP contribution in [-0.4, -0.2) is 16.8 Å². The van der Waals surface area contributed by atoms with Crippen LogP contribution in [0.15, 0.2) is 30.3 Å². The van der Waals surface area contributed by atoms with Gasteiger partial charge in [-0.2, -0.15) is 5.26 Å². The molecule has 5 heteroatoms. The van der Waals surface area contributed by atoms with Crippen molar-refractivity contribution in [1.29, 1.82) is 5.26 Å². The lowest BCUT2D eigenvalue weighted by molar-refractivity contribution is 0.314. The van der Waals surface area contributed by atoms with Crippen LogP contribution in [0.4, 0.5) is 5.82 Å². The highest BCUT2D eigenvalue weighted by atomic mass is 16.5. The molecule has 1 heterocycles. The monoisotopic (exact) mass is 282 g/mol. The second-order valence-corrected chi connectivity index (χ2v) is 4.73. The highest BCUT2D eigenvalue weighted by Crippen LogP contribution is 2.21. The number of aryl methyl sites for hydroxylation is 1. The molecular formula is C16H18N4O. The molecule has 0 fully saturated rings. The third-order valence-corrected chi connectivity index (χ3v) is 2.92. The third-order valence-electron chi connectivity index (χ3n) is 2.92. The first-order valence-corrected chi connectivity index (χ1v) is 6.93. The summed E-state index contributed by atoms with van der Waals surface area (Å²) in [6.45, 7) is 5.43. The van der Waals surface area contributed by atoms with Crippen LogP contribution in [0.1, 0.15) is 30.2 Å². The van der Waals surface area contributed by atoms with E-state index in [1.807, 2.05) is 25.1 Å². The van der Waals surface area contributed by atoms with Gasteiger partial charge >= 0.3 is 0 Å². The summed E-state index contributed by atoms with van der Waals surface area (Å²) in [6.07, 6.45) is 0.974. The summed E-state index contributed by atoms with van der Waals surface area (Å²) < 4.78 is 5.77. The van der Waals surface area contributed by atoms with E-state index in [1.54, 1.807) is 12.1 Å². The van der Waals surface area contributed by atoms with E-state index in [4.69, 9.17) is 10.00 Å². The molecule has 0 amide bonds. The van der Waals surface area contributed by atoms with Gasteiger partial charge in [0.2, 0.25) is 0 Å². The lowest BCUT2D eigenvalue weighted by Gasteiger charge is -2.12. The third kappa shape index (κ3) is 4.18. The van der Waals surface area contributed by atoms with Crippen LogP contribution in [-0.2, 0) is 6.54 Å². The first kappa shape index (κ1) is 14.8. The summed E-state index contributed by atoms with van der Waals surface area (Å²) in [7, 11) is 0. The van der Waals surface area contributed by atoms with Gasteiger partial charge in [-0.1, -0.05) is 19.1 Å². The molecule has 0 spiro atoms. The number of aromatic nitrogens is 2. The molecule has 0 saturated heterocycles. The maximum Gasteiger partial charge on any atom is 0.163 e. The van der Waals surface area contributed by atoms with Crippen LogP contribution in [0.2, 0.25) is 0 Å². The zero-order chi connectivity index (χ0) is 15.1. The molecule has 1 aromatic heterocycles. The van der Waals surface area contributed by atoms with E-state index in [1.165, 1.54) is 5.56 Å². The molecule has 108 valence electrons. The minimum Gasteiger partial charge on any atom is -0.493 e. The van der Waals surface area contributed by atoms with Gasteiger partial charge in [-0.25, -0.2) is 0 Å². The van der Waals surface area contributed by atoms with E-state index in [2.05, 4.69) is 28.5 Å². The molecule has 0 atom stereocenters. The van der Waals surface area contributed by atoms with Crippen molar-refractivity contribution in [1.82, 2.24) is 10.2 Å². The standard InChI is InChI=1S/C16H18N4O/c1-3-8-21-15-9-12(2)4-5-13(15)11-18-16-7-6-14(10-17)19-20-16/h4-7,9H,3,8,11H2,1-2H3,(H,18,20). The number of nitrogens with zero attached hydrogens (tertiary/aromatic N) is 3. The van der Waals surface area contributed by atoms with Crippen LogP contribution in [0.25, 0.3) is 0 Å². The molecule has 1 aromatic carbocycles. The highest BCUT2D eigenvalue weighted by Gasteiger charge is 2.05. The lowest BCUT2D eigenvalue weighted by Crippen LogP contribution is -2.06. The average molecular weight is 282 g/mol. The van der Waals surface area contributed by atoms with Crippen molar-refractivity contribution in [3.05, 3.63) is 47.2 Å². The Bertz CT molecular complexity index is 632. The van der Waals surface area contributed by atoms with E-state index in [0.717, 1.165) is 17.7 Å². The molecule has 0 saturated carbocycles. The average Bonchev–Trinajstić information content (AvgIpc) is 2.52. The molecule has 2 rings (SSSR count). The lowest BCUT2D eigenvalue weighted by atomic mass is 10.1. The first-order valence-electron chi connectivity index (χ1n) is 6.93. The molecule has 5 nitrogen and oxygen atoms in total. The number of rotatable bonds is 6. The number of hydrogen-bond acceptors (Lipinski definition) is 5. The van der Waals surface area contributed by atoms with Crippen LogP contribution in [0.5, 0.6) is 5.75 Å². The van der Waals surface area contributed by atoms with Crippen LogP contribution >= 0.6 is 0 Å². The summed E-state index contributed by atoms with van der Waals surface area (Å²) in [6, 6.07) is 11.5. The topological polar surface area (TPSA) is 70.8 Å². The summed E-state index contributed by atoms with van der Waals surface area (Å²) in [5.74, 6) is 1.53. The fraction of sp³-hybridized carbons (Fsp3) is 0.312. The van der Waals surface area contributed by atoms with E-state index in [-0.39, 0.29) is 0 Å². The summed E-state index contributed by atoms with van der Waals surface area (Å²) in [5.41, 5.74) is 2.55. The Balaban J connectivity index is 2.06. The Morgan fingerprint density at radius 2 is 2.10 bits per heavy atom. The zero-order valence-electron chi connectivity index (χ0n) is 12.3. The second kappa shape index (κ2) is 7.25. The van der Waals surface area contributed by atoms with Crippen molar-refractivity contribution >= 4 is 5.82 Å². The van der Waals surface area contributed by atoms with Crippen LogP contribution in [0, 0.1) is 18.3 Å². The minimum absolute atomic E-state index is 0.308. The van der Waals surface area contributed by atoms with E-state index >= 15 is 0 Å². The maximum absolute atomic E-state index is 8.69. The number of benzene rings is 1. The Hall–Kier alpha value is -2.61. The molecule has 0 aliphatic carbocycles. The fourth-order valence-corrected chi connectivity index (χ4v) is 1.83. The molecule has 1 N–H and O–H groups in total. The van der Waals surface area contributed by atoms with Crippen molar-refractivity contribution in [2.24, 2.45) is 0 Å². The van der Waals surface area contributed by atoms with Gasteiger partial charge in [-0.15, -0.1) is 10.2 Å². The summed E-state index contributed by atoms with van der Waals surface area (Å²) >= 11 is 0. The van der Waals surface area contributed by atoms with Crippen molar-refractivity contribution in [3.8, 4) is 11.8 Å². The molecule has 0 aliphatic heterocycles. The van der Waals surface area contributed by atoms with Gasteiger partial charge in [-0.3, -0.25) is 0 Å². The number of hydrogen-bond donors (Lipinski definition) is 1. The summed E-state index contributed by atoms with van der Waals surface area (Å²) in [4.78, 5) is 0. The quantitative estimate of drug-likeness (QED) is 0.881. The van der Waals surface area contributed by atoms with Crippen LogP contribution < -0.4 is 10.1 Å². The molecule has 21 heavy (non-hydrogen) atoms. The fourth-order valence-electron chi connectivity index (χ4n) is 1.83. The minimum atomic E-state index is 0.308. The van der Waals surface area contributed by atoms with E-state index in [9.17, 15) is 0 Å². The van der Waals surface area contributed by atoms with Gasteiger partial charge in [-0.05, 0) is 37.1 Å². The SMILES string of the molecule is CCCOc1cc(C)ccc1CNc1ccc(C#N)nn1. The normalized spacial score (nSPS) is 9.95. The van der Waals surface area contributed by atoms with Gasteiger partial charge in [0.05, 0.1) is 6.61 Å². The molecular weight excluding hydrogens is 264 g/mol. The van der Waals surface area contributed by atoms with Gasteiger partial charge in [0.1, 0.15) is 17.6 Å². The molecule has 0 aliphatic rings. The van der Waals surface area contributed by atoms with Gasteiger partial charge < -0.3 is 10.1 Å². The van der Waals surface area contributed by atoms with Crippen molar-refractivity contribution < 1.29 is 4.74 Å². The van der Waals surface area contributed by atoms with Crippen molar-refractivity contribution in [2.75, 3.05) is 11.9 Å². The Labute approximate surface area is 124 Å². The number of nitrogens with one attached hydrogen (secondary N) is 1. The molecule has 0 unspecified atom stereocenters. The molecule has 0 radical (unpaired) electrons. The maximum atomic E-state index is 8.69. The van der Waals surface area contributed by atoms with E-state index in [0.29, 0.717) is 24.7 Å². The van der Waals surface area contributed by atoms with Crippen LogP contribution in [0.3, 0.4) is 0 Å². The Morgan fingerprint density at radius 1 is 1.24 bits per heavy atom. The van der Waals surface area contributed by atoms with Gasteiger partial charge in [0.15, 0.2) is 5.69 Å². The van der Waals surface area contributed by atoms with Gasteiger partial charge in [0.25, 0.3) is 0 Å². The number of anilines is 1. The predicted octanol–water partition coefficient (Wildman–Crippen LogP) is 3.06. The molecule has 2 aromatic rings. The highest BCUT2D eigenvalue weighted by molar-refractivity contribution is 5.41. The van der Waals surface area contributed by atoms with Crippen molar-refractivity contribution in [2.45, 2.75) is 26.8 Å². The molecule has 0 bridgehead atoms. The second-order valence-electron chi connectivity index (χ2n) is 4.73. The smallest absolute Gasteiger partial charge is 0.163 e. The summed E-state index contributed by atoms with van der Waals surface area (Å²) in [5, 5.41) is 19.6. The Morgan fingerprint density at radius 3 is 2.76 bits per heavy atom. The number of ether oxygens (including phenoxy) is 1. The number of nitriles is 1. The zero-order valence-corrected chi connectivity index (χ0v) is 12.3. The largest absolute Gasteiger partial charge is 0.493 e. The first-order chi connectivity index (χ1) is 10.2. The van der Waals surface area contributed by atoms with Crippen molar-refractivity contribution in [3.63, 3.8) is 0 Å². The van der Waals surface area contributed by atoms with Gasteiger partial charge in [0, 0.05) is 12.1 Å². The Kier molecular flexibility index (Phi) is 5.10.